The van der Waals surface area contributed by atoms with E-state index in [1.807, 2.05) is 0 Å². The van der Waals surface area contributed by atoms with Crippen molar-refractivity contribution in [2.24, 2.45) is 0 Å². The number of amides is 5. The zero-order valence-electron chi connectivity index (χ0n) is 21.6. The normalized spacial score (nSPS) is 26.0. The summed E-state index contributed by atoms with van der Waals surface area (Å²) in [5.41, 5.74) is -1.22. The zero-order chi connectivity index (χ0) is 30.0. The molecule has 0 bridgehead atoms. The average Bonchev–Trinajstić information content (AvgIpc) is 3.38. The molecule has 2 saturated heterocycles. The van der Waals surface area contributed by atoms with E-state index in [0.29, 0.717) is 28.3 Å². The molecule has 1 aromatic heterocycles. The first kappa shape index (κ1) is 28.4. The Hall–Kier alpha value is -4.17. The molecule has 3 heterocycles. The number of urea groups is 1. The van der Waals surface area contributed by atoms with Crippen molar-refractivity contribution in [2.75, 3.05) is 13.6 Å². The molecule has 218 valence electrons. The molecular formula is C26H23F6N5O4. The summed E-state index contributed by atoms with van der Waals surface area (Å²) in [5, 5.41) is 4.56. The standard InChI is InChI=1S/C26H23F6N5O4/c1-11-14(19-15(27)3-4-16(28)20(19)29)6-17(22(39)37(11)10-26(30,31)32)34-21(38)13-5-12-7-25(8-18(12)33-9-13)23(40)35-24(41)36(25)2/h3-5,9,11,14,17H,6-8,10H2,1-2H3,(H,34,38)(H,35,40,41)/t11-,14-,17+,25-/m1/s1. The number of likely N-dealkylation sites (N-methyl/N-ethyl adjacent to an activating group) is 1. The topological polar surface area (TPSA) is 112 Å². The number of fused-ring (bicyclic) bond motifs is 1. The molecule has 1 aliphatic carbocycles. The monoisotopic (exact) mass is 583 g/mol. The number of carbonyl (C=O) groups is 4. The minimum absolute atomic E-state index is 0.0456. The molecule has 15 heteroatoms. The van der Waals surface area contributed by atoms with Crippen molar-refractivity contribution in [1.29, 1.82) is 0 Å². The second kappa shape index (κ2) is 9.73. The van der Waals surface area contributed by atoms with Gasteiger partial charge in [-0.15, -0.1) is 0 Å². The predicted octanol–water partition coefficient (Wildman–Crippen LogP) is 2.58. The molecule has 2 aromatic rings. The Morgan fingerprint density at radius 1 is 1.15 bits per heavy atom. The molecular weight excluding hydrogens is 560 g/mol. The number of carbonyl (C=O) groups excluding carboxylic acids is 4. The molecule has 0 unspecified atom stereocenters. The van der Waals surface area contributed by atoms with Crippen LogP contribution in [0, 0.1) is 17.5 Å². The lowest BCUT2D eigenvalue weighted by Crippen LogP contribution is -2.60. The fourth-order valence-corrected chi connectivity index (χ4v) is 5.86. The van der Waals surface area contributed by atoms with Crippen LogP contribution < -0.4 is 10.6 Å². The van der Waals surface area contributed by atoms with Crippen LogP contribution in [0.15, 0.2) is 24.4 Å². The minimum atomic E-state index is -4.87. The van der Waals surface area contributed by atoms with Crippen LogP contribution in [0.25, 0.3) is 0 Å². The van der Waals surface area contributed by atoms with E-state index in [9.17, 15) is 45.5 Å². The van der Waals surface area contributed by atoms with Gasteiger partial charge in [0.1, 0.15) is 23.9 Å². The van der Waals surface area contributed by atoms with E-state index in [-0.39, 0.29) is 18.4 Å². The first-order valence-corrected chi connectivity index (χ1v) is 12.5. The van der Waals surface area contributed by atoms with Gasteiger partial charge in [0.05, 0.1) is 5.56 Å². The molecule has 1 aromatic carbocycles. The van der Waals surface area contributed by atoms with E-state index in [2.05, 4.69) is 15.6 Å². The zero-order valence-corrected chi connectivity index (χ0v) is 21.6. The van der Waals surface area contributed by atoms with Crippen LogP contribution >= 0.6 is 0 Å². The van der Waals surface area contributed by atoms with Gasteiger partial charge in [0, 0.05) is 49.3 Å². The maximum Gasteiger partial charge on any atom is 0.406 e. The predicted molar refractivity (Wildman–Crippen MR) is 128 cm³/mol. The summed E-state index contributed by atoms with van der Waals surface area (Å²) in [5.74, 6) is -8.22. The van der Waals surface area contributed by atoms with Gasteiger partial charge in [-0.1, -0.05) is 0 Å². The second-order valence-electron chi connectivity index (χ2n) is 10.5. The third-order valence-electron chi connectivity index (χ3n) is 8.10. The van der Waals surface area contributed by atoms with E-state index in [1.54, 1.807) is 0 Å². The van der Waals surface area contributed by atoms with Gasteiger partial charge in [-0.25, -0.2) is 18.0 Å². The maximum atomic E-state index is 14.7. The number of pyridine rings is 1. The summed E-state index contributed by atoms with van der Waals surface area (Å²) in [6.45, 7) is -0.595. The number of alkyl halides is 3. The Bertz CT molecular complexity index is 1480. The van der Waals surface area contributed by atoms with Gasteiger partial charge in [-0.05, 0) is 37.1 Å². The van der Waals surface area contributed by atoms with Crippen LogP contribution in [-0.4, -0.2) is 75.9 Å². The van der Waals surface area contributed by atoms with E-state index in [1.165, 1.54) is 18.0 Å². The fraction of sp³-hybridized carbons (Fsp3) is 0.423. The van der Waals surface area contributed by atoms with Crippen molar-refractivity contribution < 1.29 is 45.5 Å². The summed E-state index contributed by atoms with van der Waals surface area (Å²) >= 11 is 0. The molecule has 41 heavy (non-hydrogen) atoms. The number of hydrogen-bond acceptors (Lipinski definition) is 5. The summed E-state index contributed by atoms with van der Waals surface area (Å²) in [6, 6.07) is -1.06. The minimum Gasteiger partial charge on any atom is -0.340 e. The summed E-state index contributed by atoms with van der Waals surface area (Å²) in [4.78, 5) is 56.6. The van der Waals surface area contributed by atoms with E-state index < -0.39 is 89.5 Å². The first-order valence-electron chi connectivity index (χ1n) is 12.5. The number of benzene rings is 1. The van der Waals surface area contributed by atoms with Crippen molar-refractivity contribution >= 4 is 23.8 Å². The molecule has 2 aliphatic heterocycles. The molecule has 0 radical (unpaired) electrons. The van der Waals surface area contributed by atoms with E-state index >= 15 is 0 Å². The number of likely N-dealkylation sites (tertiary alicyclic amines) is 1. The summed E-state index contributed by atoms with van der Waals surface area (Å²) < 4.78 is 83.4. The number of nitrogens with one attached hydrogen (secondary N) is 2. The van der Waals surface area contributed by atoms with Crippen molar-refractivity contribution in [3.05, 3.63) is 64.2 Å². The van der Waals surface area contributed by atoms with Crippen LogP contribution in [0.3, 0.4) is 0 Å². The highest BCUT2D eigenvalue weighted by Crippen LogP contribution is 2.39. The molecule has 2 N–H and O–H groups in total. The third-order valence-corrected chi connectivity index (χ3v) is 8.10. The molecule has 5 amide bonds. The van der Waals surface area contributed by atoms with Crippen molar-refractivity contribution in [3.8, 4) is 0 Å². The Labute approximate surface area is 228 Å². The Morgan fingerprint density at radius 2 is 1.83 bits per heavy atom. The first-order chi connectivity index (χ1) is 19.1. The number of hydrogen-bond donors (Lipinski definition) is 2. The molecule has 1 spiro atoms. The average molecular weight is 583 g/mol. The van der Waals surface area contributed by atoms with Crippen molar-refractivity contribution in [1.82, 2.24) is 25.4 Å². The van der Waals surface area contributed by atoms with Crippen LogP contribution in [-0.2, 0) is 22.4 Å². The summed E-state index contributed by atoms with van der Waals surface area (Å²) in [6.07, 6.45) is -4.10. The number of aromatic nitrogens is 1. The lowest BCUT2D eigenvalue weighted by molar-refractivity contribution is -0.170. The van der Waals surface area contributed by atoms with Crippen LogP contribution in [0.5, 0.6) is 0 Å². The quantitative estimate of drug-likeness (QED) is 0.327. The molecule has 3 aliphatic rings. The molecule has 0 saturated carbocycles. The van der Waals surface area contributed by atoms with Gasteiger partial charge in [0.15, 0.2) is 11.6 Å². The highest BCUT2D eigenvalue weighted by molar-refractivity contribution is 6.07. The fourth-order valence-electron chi connectivity index (χ4n) is 5.86. The second-order valence-corrected chi connectivity index (χ2v) is 10.5. The van der Waals surface area contributed by atoms with E-state index in [0.717, 1.165) is 13.1 Å². The van der Waals surface area contributed by atoms with Crippen LogP contribution in [0.1, 0.15) is 46.4 Å². The van der Waals surface area contributed by atoms with Crippen LogP contribution in [0.2, 0.25) is 0 Å². The van der Waals surface area contributed by atoms with Crippen LogP contribution in [0.4, 0.5) is 31.1 Å². The SMILES string of the molecule is C[C@@H]1[C@H](c2c(F)ccc(F)c2F)C[C@H](NC(=O)c2cnc3c(c2)C[C@@]2(C3)C(=O)NC(=O)N2C)C(=O)N1CC(F)(F)F. The third kappa shape index (κ3) is 4.76. The number of rotatable bonds is 4. The lowest BCUT2D eigenvalue weighted by atomic mass is 9.81. The highest BCUT2D eigenvalue weighted by atomic mass is 19.4. The molecule has 5 rings (SSSR count). The molecule has 2 fully saturated rings. The summed E-state index contributed by atoms with van der Waals surface area (Å²) in [7, 11) is 1.45. The van der Waals surface area contributed by atoms with Gasteiger partial charge in [-0.3, -0.25) is 24.7 Å². The number of piperidine rings is 1. The van der Waals surface area contributed by atoms with Crippen molar-refractivity contribution in [2.45, 2.75) is 55.9 Å². The maximum absolute atomic E-state index is 14.7. The highest BCUT2D eigenvalue weighted by Gasteiger charge is 2.55. The van der Waals surface area contributed by atoms with Gasteiger partial charge in [0.2, 0.25) is 5.91 Å². The Balaban J connectivity index is 1.43. The van der Waals surface area contributed by atoms with Crippen molar-refractivity contribution in [3.63, 3.8) is 0 Å². The molecule has 9 nitrogen and oxygen atoms in total. The lowest BCUT2D eigenvalue weighted by Gasteiger charge is -2.43. The molecule has 4 atom stereocenters. The van der Waals surface area contributed by atoms with Gasteiger partial charge < -0.3 is 15.1 Å². The largest absolute Gasteiger partial charge is 0.406 e. The number of imide groups is 1. The number of nitrogens with zero attached hydrogens (tertiary/aromatic N) is 3. The Kier molecular flexibility index (Phi) is 6.73. The number of halogens is 6. The van der Waals surface area contributed by atoms with Gasteiger partial charge >= 0.3 is 12.2 Å². The van der Waals surface area contributed by atoms with Gasteiger partial charge in [0.25, 0.3) is 11.8 Å². The van der Waals surface area contributed by atoms with Gasteiger partial charge in [-0.2, -0.15) is 13.2 Å². The smallest absolute Gasteiger partial charge is 0.340 e. The Morgan fingerprint density at radius 3 is 2.46 bits per heavy atom. The van der Waals surface area contributed by atoms with E-state index in [4.69, 9.17) is 0 Å².